The van der Waals surface area contributed by atoms with Gasteiger partial charge in [0.05, 0.1) is 11.4 Å². The van der Waals surface area contributed by atoms with Crippen LogP contribution in [0.5, 0.6) is 0 Å². The number of nitrogens with one attached hydrogen (secondary N) is 2. The van der Waals surface area contributed by atoms with Crippen molar-refractivity contribution in [1.29, 1.82) is 0 Å². The topological polar surface area (TPSA) is 78.5 Å². The van der Waals surface area contributed by atoms with Gasteiger partial charge >= 0.3 is 0 Å². The lowest BCUT2D eigenvalue weighted by molar-refractivity contribution is -0.114. The summed E-state index contributed by atoms with van der Waals surface area (Å²) in [6.45, 7) is 5.17. The highest BCUT2D eigenvalue weighted by atomic mass is 32.2. The van der Waals surface area contributed by atoms with E-state index in [4.69, 9.17) is 0 Å². The van der Waals surface area contributed by atoms with Crippen LogP contribution in [0.1, 0.15) is 37.3 Å². The molecule has 0 aliphatic carbocycles. The molecule has 0 unspecified atom stereocenters. The van der Waals surface area contributed by atoms with Gasteiger partial charge in [0.15, 0.2) is 0 Å². The fraction of sp³-hybridized carbons (Fsp3) is 0.409. The van der Waals surface area contributed by atoms with Gasteiger partial charge in [-0.3, -0.25) is 4.79 Å². The van der Waals surface area contributed by atoms with Crippen LogP contribution in [0.4, 0.5) is 11.4 Å². The number of rotatable bonds is 7. The molecule has 2 aromatic carbocycles. The number of amides is 1. The first-order chi connectivity index (χ1) is 13.9. The number of hydrogen-bond donors (Lipinski definition) is 2. The van der Waals surface area contributed by atoms with Crippen LogP contribution >= 0.6 is 0 Å². The Hall–Kier alpha value is -2.38. The van der Waals surface area contributed by atoms with Crippen LogP contribution in [0.2, 0.25) is 0 Å². The molecule has 2 aromatic rings. The third-order valence-electron chi connectivity index (χ3n) is 5.25. The monoisotopic (exact) mass is 415 g/mol. The number of piperidine rings is 1. The smallest absolute Gasteiger partial charge is 0.243 e. The summed E-state index contributed by atoms with van der Waals surface area (Å²) in [4.78, 5) is 12.5. The quantitative estimate of drug-likeness (QED) is 0.721. The van der Waals surface area contributed by atoms with Crippen molar-refractivity contribution in [1.82, 2.24) is 4.31 Å². The molecule has 0 atom stereocenters. The highest BCUT2D eigenvalue weighted by molar-refractivity contribution is 7.89. The van der Waals surface area contributed by atoms with Crippen molar-refractivity contribution < 1.29 is 13.2 Å². The summed E-state index contributed by atoms with van der Waals surface area (Å²) >= 11 is 0. The van der Waals surface area contributed by atoms with Crippen molar-refractivity contribution in [2.45, 2.75) is 44.4 Å². The Kier molecular flexibility index (Phi) is 6.92. The molecule has 29 heavy (non-hydrogen) atoms. The maximum atomic E-state index is 12.9. The van der Waals surface area contributed by atoms with Gasteiger partial charge in [-0.25, -0.2) is 8.42 Å². The van der Waals surface area contributed by atoms with E-state index in [9.17, 15) is 13.2 Å². The predicted octanol–water partition coefficient (Wildman–Crippen LogP) is 3.78. The van der Waals surface area contributed by atoms with Crippen LogP contribution in [0, 0.1) is 6.92 Å². The normalized spacial score (nSPS) is 15.1. The summed E-state index contributed by atoms with van der Waals surface area (Å²) in [6.07, 6.45) is 3.82. The average molecular weight is 416 g/mol. The van der Waals surface area contributed by atoms with Gasteiger partial charge in [0.1, 0.15) is 0 Å². The van der Waals surface area contributed by atoms with Crippen LogP contribution in [0.3, 0.4) is 0 Å². The van der Waals surface area contributed by atoms with E-state index in [0.717, 1.165) is 36.9 Å². The summed E-state index contributed by atoms with van der Waals surface area (Å²) in [5, 5.41) is 5.93. The van der Waals surface area contributed by atoms with E-state index in [0.29, 0.717) is 18.8 Å². The van der Waals surface area contributed by atoms with Gasteiger partial charge in [0.2, 0.25) is 15.9 Å². The summed E-state index contributed by atoms with van der Waals surface area (Å²) < 4.78 is 27.4. The molecule has 1 fully saturated rings. The second kappa shape index (κ2) is 9.41. The molecule has 3 rings (SSSR count). The van der Waals surface area contributed by atoms with Crippen LogP contribution in [-0.4, -0.2) is 38.3 Å². The minimum atomic E-state index is -3.50. The van der Waals surface area contributed by atoms with Crippen LogP contribution in [0.25, 0.3) is 0 Å². The zero-order chi connectivity index (χ0) is 20.9. The van der Waals surface area contributed by atoms with Crippen molar-refractivity contribution in [3.63, 3.8) is 0 Å². The summed E-state index contributed by atoms with van der Waals surface area (Å²) in [6, 6.07) is 12.8. The largest absolute Gasteiger partial charge is 0.376 e. The second-order valence-electron chi connectivity index (χ2n) is 7.39. The zero-order valence-corrected chi connectivity index (χ0v) is 17.9. The maximum Gasteiger partial charge on any atom is 0.243 e. The van der Waals surface area contributed by atoms with Gasteiger partial charge in [0, 0.05) is 24.5 Å². The molecule has 0 saturated carbocycles. The summed E-state index contributed by atoms with van der Waals surface area (Å²) in [7, 11) is -3.50. The fourth-order valence-corrected chi connectivity index (χ4v) is 4.95. The van der Waals surface area contributed by atoms with E-state index in [1.54, 1.807) is 22.5 Å². The van der Waals surface area contributed by atoms with E-state index in [2.05, 4.69) is 17.6 Å². The third-order valence-corrected chi connectivity index (χ3v) is 7.14. The van der Waals surface area contributed by atoms with Crippen molar-refractivity contribution in [2.75, 3.05) is 30.3 Å². The Morgan fingerprint density at radius 2 is 1.72 bits per heavy atom. The first-order valence-corrected chi connectivity index (χ1v) is 11.6. The number of benzene rings is 2. The Morgan fingerprint density at radius 1 is 1.03 bits per heavy atom. The lowest BCUT2D eigenvalue weighted by Crippen LogP contribution is -2.35. The number of hydrogen-bond acceptors (Lipinski definition) is 4. The third kappa shape index (κ3) is 5.36. The molecule has 1 aliphatic rings. The van der Waals surface area contributed by atoms with Gasteiger partial charge in [-0.1, -0.05) is 31.5 Å². The highest BCUT2D eigenvalue weighted by Crippen LogP contribution is 2.25. The van der Waals surface area contributed by atoms with E-state index in [1.807, 2.05) is 31.2 Å². The van der Waals surface area contributed by atoms with Gasteiger partial charge in [-0.05, 0) is 61.6 Å². The number of aryl methyl sites for hydroxylation is 2. The summed E-state index contributed by atoms with van der Waals surface area (Å²) in [5.41, 5.74) is 3.50. The van der Waals surface area contributed by atoms with Crippen molar-refractivity contribution in [3.05, 3.63) is 53.6 Å². The standard InChI is InChI=1S/C22H29N3O3S/c1-3-18-8-10-19(11-9-18)24-22(26)16-23-21-15-20(12-7-17(21)2)29(27,28)25-13-5-4-6-14-25/h7-12,15,23H,3-6,13-14,16H2,1-2H3,(H,24,26). The first-order valence-electron chi connectivity index (χ1n) is 10.1. The number of carbonyl (C=O) groups is 1. The van der Waals surface area contributed by atoms with E-state index >= 15 is 0 Å². The fourth-order valence-electron chi connectivity index (χ4n) is 3.41. The van der Waals surface area contributed by atoms with Gasteiger partial charge < -0.3 is 10.6 Å². The average Bonchev–Trinajstić information content (AvgIpc) is 2.74. The molecular formula is C22H29N3O3S. The molecule has 1 amide bonds. The molecule has 1 saturated heterocycles. The first kappa shape index (κ1) is 21.3. The molecule has 1 heterocycles. The second-order valence-corrected chi connectivity index (χ2v) is 9.33. The Balaban J connectivity index is 1.65. The van der Waals surface area contributed by atoms with Gasteiger partial charge in [0.25, 0.3) is 0 Å². The minimum Gasteiger partial charge on any atom is -0.376 e. The Bertz CT molecular complexity index is 950. The molecule has 6 nitrogen and oxygen atoms in total. The number of anilines is 2. The summed E-state index contributed by atoms with van der Waals surface area (Å²) in [5.74, 6) is -0.182. The molecule has 0 radical (unpaired) electrons. The SMILES string of the molecule is CCc1ccc(NC(=O)CNc2cc(S(=O)(=O)N3CCCCC3)ccc2C)cc1. The van der Waals surface area contributed by atoms with Crippen LogP contribution < -0.4 is 10.6 Å². The van der Waals surface area contributed by atoms with Gasteiger partial charge in [-0.15, -0.1) is 0 Å². The molecule has 2 N–H and O–H groups in total. The van der Waals surface area contributed by atoms with Crippen molar-refractivity contribution >= 4 is 27.3 Å². The highest BCUT2D eigenvalue weighted by Gasteiger charge is 2.26. The zero-order valence-electron chi connectivity index (χ0n) is 17.1. The number of carbonyl (C=O) groups excluding carboxylic acids is 1. The van der Waals surface area contributed by atoms with E-state index < -0.39 is 10.0 Å². The van der Waals surface area contributed by atoms with E-state index in [1.165, 1.54) is 5.56 Å². The lowest BCUT2D eigenvalue weighted by atomic mass is 10.1. The molecular weight excluding hydrogens is 386 g/mol. The molecule has 0 aromatic heterocycles. The number of sulfonamides is 1. The Labute approximate surface area is 173 Å². The maximum absolute atomic E-state index is 12.9. The molecule has 1 aliphatic heterocycles. The predicted molar refractivity (Wildman–Crippen MR) is 117 cm³/mol. The molecule has 0 bridgehead atoms. The van der Waals surface area contributed by atoms with Crippen LogP contribution in [0.15, 0.2) is 47.4 Å². The van der Waals surface area contributed by atoms with Crippen molar-refractivity contribution in [3.8, 4) is 0 Å². The lowest BCUT2D eigenvalue weighted by Gasteiger charge is -2.26. The molecule has 7 heteroatoms. The Morgan fingerprint density at radius 3 is 2.38 bits per heavy atom. The van der Waals surface area contributed by atoms with Gasteiger partial charge in [-0.2, -0.15) is 4.31 Å². The van der Waals surface area contributed by atoms with Crippen molar-refractivity contribution in [2.24, 2.45) is 0 Å². The molecule has 156 valence electrons. The number of nitrogens with zero attached hydrogens (tertiary/aromatic N) is 1. The molecule has 0 spiro atoms. The van der Waals surface area contributed by atoms with Crippen LogP contribution in [-0.2, 0) is 21.2 Å². The minimum absolute atomic E-state index is 0.0591. The van der Waals surface area contributed by atoms with E-state index in [-0.39, 0.29) is 17.3 Å².